The van der Waals surface area contributed by atoms with Gasteiger partial charge in [-0.3, -0.25) is 0 Å². The fourth-order valence-electron chi connectivity index (χ4n) is 2.03. The molecule has 0 saturated heterocycles. The number of benzene rings is 1. The Labute approximate surface area is 133 Å². The molecule has 0 aliphatic heterocycles. The highest BCUT2D eigenvalue weighted by Gasteiger charge is 2.04. The summed E-state index contributed by atoms with van der Waals surface area (Å²) in [6, 6.07) is 6.34. The second-order valence-electron chi connectivity index (χ2n) is 5.17. The zero-order valence-corrected chi connectivity index (χ0v) is 14.6. The van der Waals surface area contributed by atoms with Gasteiger partial charge in [-0.05, 0) is 42.5 Å². The third-order valence-corrected chi connectivity index (χ3v) is 5.74. The molecule has 0 atom stereocenters. The van der Waals surface area contributed by atoms with Gasteiger partial charge in [-0.1, -0.05) is 46.0 Å². The zero-order chi connectivity index (χ0) is 14.6. The molecule has 20 heavy (non-hydrogen) atoms. The van der Waals surface area contributed by atoms with Crippen molar-refractivity contribution in [3.8, 4) is 0 Å². The van der Waals surface area contributed by atoms with Crippen molar-refractivity contribution in [1.29, 1.82) is 0 Å². The average Bonchev–Trinajstić information content (AvgIpc) is 2.45. The number of hydrogen-bond acceptors (Lipinski definition) is 3. The molecule has 0 saturated carbocycles. The van der Waals surface area contributed by atoms with Crippen LogP contribution in [0.2, 0.25) is 0 Å². The van der Waals surface area contributed by atoms with Crippen molar-refractivity contribution in [2.24, 2.45) is 0 Å². The van der Waals surface area contributed by atoms with E-state index in [1.165, 1.54) is 66.2 Å². The molecule has 3 heteroatoms. The van der Waals surface area contributed by atoms with Gasteiger partial charge in [0.1, 0.15) is 0 Å². The fraction of sp³-hybridized carbons (Fsp3) is 0.647. The van der Waals surface area contributed by atoms with E-state index in [4.69, 9.17) is 5.73 Å². The molecule has 0 aliphatic rings. The van der Waals surface area contributed by atoms with Crippen LogP contribution >= 0.6 is 23.5 Å². The molecule has 0 spiro atoms. The molecule has 1 aromatic carbocycles. The Hall–Kier alpha value is -0.280. The van der Waals surface area contributed by atoms with E-state index in [1.54, 1.807) is 0 Å². The molecule has 1 nitrogen and oxygen atoms in total. The summed E-state index contributed by atoms with van der Waals surface area (Å²) in [7, 11) is 0. The van der Waals surface area contributed by atoms with Gasteiger partial charge in [0, 0.05) is 15.5 Å². The first-order valence-electron chi connectivity index (χ1n) is 7.93. The summed E-state index contributed by atoms with van der Waals surface area (Å²) in [4.78, 5) is 2.77. The Morgan fingerprint density at radius 2 is 1.50 bits per heavy atom. The Balaban J connectivity index is 2.32. The summed E-state index contributed by atoms with van der Waals surface area (Å²) >= 11 is 3.93. The van der Waals surface area contributed by atoms with Crippen molar-refractivity contribution < 1.29 is 0 Å². The lowest BCUT2D eigenvalue weighted by Crippen LogP contribution is -1.89. The molecule has 0 aliphatic carbocycles. The van der Waals surface area contributed by atoms with E-state index in [0.29, 0.717) is 0 Å². The first-order valence-corrected chi connectivity index (χ1v) is 9.90. The summed E-state index contributed by atoms with van der Waals surface area (Å²) in [6.45, 7) is 4.50. The monoisotopic (exact) mass is 311 g/mol. The Bertz CT molecular complexity index is 366. The second kappa shape index (κ2) is 11.4. The van der Waals surface area contributed by atoms with Gasteiger partial charge in [0.05, 0.1) is 0 Å². The van der Waals surface area contributed by atoms with Crippen LogP contribution in [0.15, 0.2) is 28.0 Å². The maximum absolute atomic E-state index is 5.92. The van der Waals surface area contributed by atoms with Gasteiger partial charge in [0.15, 0.2) is 0 Å². The maximum Gasteiger partial charge on any atom is 0.0326 e. The van der Waals surface area contributed by atoms with Gasteiger partial charge in [0.2, 0.25) is 0 Å². The molecular formula is C17H29NS2. The number of unbranched alkanes of at least 4 members (excludes halogenated alkanes) is 5. The first kappa shape index (κ1) is 17.8. The lowest BCUT2D eigenvalue weighted by atomic mass is 10.1. The predicted octanol–water partition coefficient (Wildman–Crippen LogP) is 6.22. The van der Waals surface area contributed by atoms with Gasteiger partial charge in [0.25, 0.3) is 0 Å². The maximum atomic E-state index is 5.92. The summed E-state index contributed by atoms with van der Waals surface area (Å²) < 4.78 is 0. The van der Waals surface area contributed by atoms with Gasteiger partial charge in [-0.25, -0.2) is 0 Å². The summed E-state index contributed by atoms with van der Waals surface area (Å²) in [5, 5.41) is 0. The third-order valence-electron chi connectivity index (χ3n) is 3.18. The largest absolute Gasteiger partial charge is 0.399 e. The number of hydrogen-bond donors (Lipinski definition) is 1. The summed E-state index contributed by atoms with van der Waals surface area (Å²) in [5.41, 5.74) is 6.80. The third kappa shape index (κ3) is 7.49. The molecule has 0 radical (unpaired) electrons. The van der Waals surface area contributed by atoms with Crippen LogP contribution in [-0.2, 0) is 0 Å². The lowest BCUT2D eigenvalue weighted by Gasteiger charge is -2.09. The summed E-state index contributed by atoms with van der Waals surface area (Å²) in [5.74, 6) is 2.41. The van der Waals surface area contributed by atoms with Crippen LogP contribution in [0.1, 0.15) is 58.8 Å². The number of thioether (sulfide) groups is 2. The topological polar surface area (TPSA) is 26.0 Å². The summed E-state index contributed by atoms with van der Waals surface area (Å²) in [6.07, 6.45) is 9.42. The Kier molecular flexibility index (Phi) is 10.1. The number of rotatable bonds is 11. The van der Waals surface area contributed by atoms with Gasteiger partial charge in [-0.2, -0.15) is 0 Å². The van der Waals surface area contributed by atoms with E-state index in [0.717, 1.165) is 5.69 Å². The highest BCUT2D eigenvalue weighted by molar-refractivity contribution is 8.02. The van der Waals surface area contributed by atoms with Crippen molar-refractivity contribution in [2.75, 3.05) is 17.2 Å². The number of nitrogen functional groups attached to an aromatic ring is 1. The van der Waals surface area contributed by atoms with Crippen molar-refractivity contribution in [3.63, 3.8) is 0 Å². The van der Waals surface area contributed by atoms with E-state index in [9.17, 15) is 0 Å². The number of anilines is 1. The fourth-order valence-corrected chi connectivity index (χ4v) is 4.17. The second-order valence-corrected chi connectivity index (χ2v) is 7.44. The quantitative estimate of drug-likeness (QED) is 0.298. The molecule has 1 aromatic rings. The van der Waals surface area contributed by atoms with Crippen LogP contribution in [0.4, 0.5) is 5.69 Å². The van der Waals surface area contributed by atoms with Crippen molar-refractivity contribution in [3.05, 3.63) is 18.2 Å². The van der Waals surface area contributed by atoms with Crippen LogP contribution < -0.4 is 5.73 Å². The minimum Gasteiger partial charge on any atom is -0.399 e. The molecule has 0 heterocycles. The minimum atomic E-state index is 0.885. The van der Waals surface area contributed by atoms with Gasteiger partial charge >= 0.3 is 0 Å². The lowest BCUT2D eigenvalue weighted by molar-refractivity contribution is 0.627. The van der Waals surface area contributed by atoms with E-state index < -0.39 is 0 Å². The average molecular weight is 312 g/mol. The van der Waals surface area contributed by atoms with E-state index in [1.807, 2.05) is 29.6 Å². The molecular weight excluding hydrogens is 282 g/mol. The minimum absolute atomic E-state index is 0.885. The molecule has 2 N–H and O–H groups in total. The van der Waals surface area contributed by atoms with Crippen LogP contribution in [-0.4, -0.2) is 11.5 Å². The highest BCUT2D eigenvalue weighted by Crippen LogP contribution is 2.33. The van der Waals surface area contributed by atoms with Crippen LogP contribution in [0.25, 0.3) is 0 Å². The molecule has 0 fully saturated rings. The van der Waals surface area contributed by atoms with E-state index in [2.05, 4.69) is 26.0 Å². The van der Waals surface area contributed by atoms with Gasteiger partial charge < -0.3 is 5.73 Å². The SMILES string of the molecule is CCCCCCCCSc1cc(N)ccc1SCCC. The predicted molar refractivity (Wildman–Crippen MR) is 96.0 cm³/mol. The van der Waals surface area contributed by atoms with Crippen LogP contribution in [0.3, 0.4) is 0 Å². The van der Waals surface area contributed by atoms with E-state index in [-0.39, 0.29) is 0 Å². The normalized spacial score (nSPS) is 10.9. The standard InChI is InChI=1S/C17H29NS2/c1-3-5-6-7-8-9-13-20-17-14-15(18)10-11-16(17)19-12-4-2/h10-11,14H,3-9,12-13,18H2,1-2H3. The first-order chi connectivity index (χ1) is 9.77. The van der Waals surface area contributed by atoms with Crippen molar-refractivity contribution >= 4 is 29.2 Å². The molecule has 0 bridgehead atoms. The highest BCUT2D eigenvalue weighted by atomic mass is 32.2. The molecule has 0 amide bonds. The Morgan fingerprint density at radius 1 is 0.800 bits per heavy atom. The van der Waals surface area contributed by atoms with E-state index >= 15 is 0 Å². The van der Waals surface area contributed by atoms with Crippen LogP contribution in [0.5, 0.6) is 0 Å². The smallest absolute Gasteiger partial charge is 0.0326 e. The number of nitrogens with two attached hydrogens (primary N) is 1. The molecule has 0 unspecified atom stereocenters. The Morgan fingerprint density at radius 3 is 2.25 bits per heavy atom. The van der Waals surface area contributed by atoms with Gasteiger partial charge in [-0.15, -0.1) is 23.5 Å². The molecule has 114 valence electrons. The molecule has 0 aromatic heterocycles. The zero-order valence-electron chi connectivity index (χ0n) is 13.0. The van der Waals surface area contributed by atoms with Crippen molar-refractivity contribution in [1.82, 2.24) is 0 Å². The molecule has 1 rings (SSSR count). The van der Waals surface area contributed by atoms with Crippen LogP contribution in [0, 0.1) is 0 Å². The van der Waals surface area contributed by atoms with Crippen molar-refractivity contribution in [2.45, 2.75) is 68.6 Å².